The van der Waals surface area contributed by atoms with E-state index in [4.69, 9.17) is 8.98 Å². The van der Waals surface area contributed by atoms with E-state index < -0.39 is 11.3 Å². The summed E-state index contributed by atoms with van der Waals surface area (Å²) in [7, 11) is 0. The minimum absolute atomic E-state index is 0. The Morgan fingerprint density at radius 3 is 2.58 bits per heavy atom. The van der Waals surface area contributed by atoms with E-state index in [9.17, 15) is 9.00 Å². The van der Waals surface area contributed by atoms with Gasteiger partial charge in [0.05, 0.1) is 0 Å². The van der Waals surface area contributed by atoms with Crippen LogP contribution >= 0.6 is 0 Å². The van der Waals surface area contributed by atoms with Gasteiger partial charge in [0.1, 0.15) is 12.0 Å². The molecule has 7 nitrogen and oxygen atoms in total. The number of amides is 1. The average Bonchev–Trinajstić information content (AvgIpc) is 3.08. The molecule has 1 aliphatic carbocycles. The van der Waals surface area contributed by atoms with Crippen molar-refractivity contribution in [3.63, 3.8) is 0 Å². The van der Waals surface area contributed by atoms with Crippen LogP contribution in [0.15, 0.2) is 84.6 Å². The molecule has 0 fully saturated rings. The van der Waals surface area contributed by atoms with Crippen molar-refractivity contribution in [3.05, 3.63) is 108 Å². The lowest BCUT2D eigenvalue weighted by Crippen LogP contribution is -2.36. The van der Waals surface area contributed by atoms with Gasteiger partial charge in [0, 0.05) is 32.2 Å². The first-order chi connectivity index (χ1) is 15.6. The molecule has 33 heavy (non-hydrogen) atoms. The van der Waals surface area contributed by atoms with Gasteiger partial charge in [-0.1, -0.05) is 48.6 Å². The number of benzene rings is 2. The molecule has 1 unspecified atom stereocenters. The third-order valence-corrected chi connectivity index (χ3v) is 5.50. The molecule has 8 heteroatoms. The lowest BCUT2D eigenvalue weighted by atomic mass is 9.99. The van der Waals surface area contributed by atoms with Gasteiger partial charge in [-0.15, -0.1) is 0 Å². The molecule has 0 saturated heterocycles. The molecular weight excluding hydrogens is 440 g/mol. The number of nitrogens with zero attached hydrogens (tertiary/aromatic N) is 1. The SMILES string of the molecule is CC=O.O.O=C(c1ccccc1)N1CCc2ccc(OS(=O)NC3=CC=CC=C[CH]3)cc2C1.[HH]. The zero-order chi connectivity index (χ0) is 22.8. The van der Waals surface area contributed by atoms with Gasteiger partial charge in [-0.3, -0.25) is 9.52 Å². The van der Waals surface area contributed by atoms with Crippen molar-refractivity contribution >= 4 is 23.5 Å². The minimum atomic E-state index is -1.72. The summed E-state index contributed by atoms with van der Waals surface area (Å²) in [4.78, 5) is 23.4. The van der Waals surface area contributed by atoms with Crippen molar-refractivity contribution in [2.45, 2.75) is 19.9 Å². The van der Waals surface area contributed by atoms with Crippen LogP contribution in [0.3, 0.4) is 0 Å². The van der Waals surface area contributed by atoms with Crippen LogP contribution in [-0.2, 0) is 29.0 Å². The molecule has 0 aromatic heterocycles. The Morgan fingerprint density at radius 1 is 1.09 bits per heavy atom. The van der Waals surface area contributed by atoms with Crippen LogP contribution in [0.4, 0.5) is 0 Å². The Balaban J connectivity index is 0.00000110. The summed E-state index contributed by atoms with van der Waals surface area (Å²) < 4.78 is 20.7. The molecule has 4 rings (SSSR count). The zero-order valence-electron chi connectivity index (χ0n) is 18.3. The maximum absolute atomic E-state index is 12.7. The van der Waals surface area contributed by atoms with Gasteiger partial charge in [-0.2, -0.15) is 4.21 Å². The third-order valence-electron chi connectivity index (χ3n) is 4.76. The van der Waals surface area contributed by atoms with Gasteiger partial charge < -0.3 is 19.4 Å². The van der Waals surface area contributed by atoms with Gasteiger partial charge in [0.15, 0.2) is 0 Å². The average molecular weight is 470 g/mol. The lowest BCUT2D eigenvalue weighted by molar-refractivity contribution is -0.106. The molecule has 2 aromatic carbocycles. The summed E-state index contributed by atoms with van der Waals surface area (Å²) in [6, 6.07) is 15.0. The van der Waals surface area contributed by atoms with Gasteiger partial charge in [-0.05, 0) is 54.8 Å². The number of allylic oxidation sites excluding steroid dienone is 5. The highest BCUT2D eigenvalue weighted by molar-refractivity contribution is 7.78. The normalized spacial score (nSPS) is 14.8. The highest BCUT2D eigenvalue weighted by Crippen LogP contribution is 2.25. The van der Waals surface area contributed by atoms with Gasteiger partial charge in [-0.25, -0.2) is 0 Å². The molecule has 0 spiro atoms. The summed E-state index contributed by atoms with van der Waals surface area (Å²) in [5.74, 6) is 0.522. The van der Waals surface area contributed by atoms with E-state index >= 15 is 0 Å². The number of nitrogens with one attached hydrogen (secondary N) is 1. The highest BCUT2D eigenvalue weighted by Gasteiger charge is 2.22. The van der Waals surface area contributed by atoms with Crippen molar-refractivity contribution in [1.82, 2.24) is 9.62 Å². The second-order valence-corrected chi connectivity index (χ2v) is 7.83. The highest BCUT2D eigenvalue weighted by atomic mass is 32.2. The molecular formula is C25H29N2O5S. The number of rotatable bonds is 5. The largest absolute Gasteiger partial charge is 0.412 e. The molecule has 2 aromatic rings. The van der Waals surface area contributed by atoms with Crippen molar-refractivity contribution < 1.29 is 24.9 Å². The molecule has 0 saturated carbocycles. The second kappa shape index (κ2) is 13.1. The minimum Gasteiger partial charge on any atom is -0.412 e. The monoisotopic (exact) mass is 469 g/mol. The fourth-order valence-electron chi connectivity index (χ4n) is 3.30. The Labute approximate surface area is 198 Å². The Kier molecular flexibility index (Phi) is 10.3. The molecule has 1 radical (unpaired) electrons. The molecule has 1 amide bonds. The van der Waals surface area contributed by atoms with E-state index in [2.05, 4.69) is 4.72 Å². The van der Waals surface area contributed by atoms with Crippen LogP contribution in [-0.4, -0.2) is 33.3 Å². The predicted molar refractivity (Wildman–Crippen MR) is 131 cm³/mol. The van der Waals surface area contributed by atoms with E-state index in [1.54, 1.807) is 0 Å². The van der Waals surface area contributed by atoms with Crippen LogP contribution in [0.5, 0.6) is 5.75 Å². The first kappa shape index (κ1) is 25.8. The van der Waals surface area contributed by atoms with E-state index in [0.29, 0.717) is 30.1 Å². The Bertz CT molecular complexity index is 1070. The smallest absolute Gasteiger partial charge is 0.315 e. The molecule has 1 aliphatic heterocycles. The van der Waals surface area contributed by atoms with Crippen LogP contribution in [0.25, 0.3) is 0 Å². The molecule has 1 atom stereocenters. The van der Waals surface area contributed by atoms with Crippen molar-refractivity contribution in [1.29, 1.82) is 0 Å². The summed E-state index contributed by atoms with van der Waals surface area (Å²) in [6.07, 6.45) is 12.7. The number of hydrogen-bond donors (Lipinski definition) is 1. The molecule has 2 aliphatic rings. The Hall–Kier alpha value is -3.49. The predicted octanol–water partition coefficient (Wildman–Crippen LogP) is 3.27. The maximum Gasteiger partial charge on any atom is 0.315 e. The fourth-order valence-corrected chi connectivity index (χ4v) is 3.95. The third kappa shape index (κ3) is 7.55. The molecule has 175 valence electrons. The Morgan fingerprint density at radius 2 is 1.82 bits per heavy atom. The molecule has 0 bridgehead atoms. The van der Waals surface area contributed by atoms with Crippen molar-refractivity contribution in [2.24, 2.45) is 0 Å². The van der Waals surface area contributed by atoms with E-state index in [-0.39, 0.29) is 12.8 Å². The van der Waals surface area contributed by atoms with Crippen LogP contribution in [0, 0.1) is 6.42 Å². The van der Waals surface area contributed by atoms with E-state index in [0.717, 1.165) is 18.3 Å². The maximum atomic E-state index is 12.7. The topological polar surface area (TPSA) is 107 Å². The number of hydrogen-bond acceptors (Lipinski definition) is 4. The van der Waals surface area contributed by atoms with Crippen LogP contribution < -0.4 is 8.91 Å². The standard InChI is InChI=1S/C23H21N2O3S.C2H4O.H2O.H2/c26-23(19-8-4-3-5-9-19)25-15-14-18-12-13-22(16-20(18)17-25)28-29(27)24-21-10-6-1-2-7-11-21;1-2-3;;/h1-13,16,24H,14-15,17H2;2H,1H3;1H2;1H. The lowest BCUT2D eigenvalue weighted by Gasteiger charge is -2.29. The zero-order valence-corrected chi connectivity index (χ0v) is 19.1. The van der Waals surface area contributed by atoms with Crippen LogP contribution in [0.2, 0.25) is 0 Å². The first-order valence-corrected chi connectivity index (χ1v) is 11.3. The summed E-state index contributed by atoms with van der Waals surface area (Å²) in [6.45, 7) is 2.63. The van der Waals surface area contributed by atoms with Gasteiger partial charge in [0.25, 0.3) is 5.91 Å². The summed E-state index contributed by atoms with van der Waals surface area (Å²) in [5, 5.41) is 0. The quantitative estimate of drug-likeness (QED) is 0.678. The number of fused-ring (bicyclic) bond motifs is 1. The number of aldehydes is 1. The van der Waals surface area contributed by atoms with Crippen LogP contribution in [0.1, 0.15) is 29.8 Å². The summed E-state index contributed by atoms with van der Waals surface area (Å²) >= 11 is -1.72. The van der Waals surface area contributed by atoms with E-state index in [1.165, 1.54) is 12.5 Å². The fraction of sp³-hybridized carbons (Fsp3) is 0.160. The number of carbonyl (C=O) groups is 2. The van der Waals surface area contributed by atoms with Crippen molar-refractivity contribution in [3.8, 4) is 5.75 Å². The van der Waals surface area contributed by atoms with Gasteiger partial charge >= 0.3 is 11.3 Å². The number of carbonyl (C=O) groups excluding carboxylic acids is 2. The second-order valence-electron chi connectivity index (χ2n) is 6.99. The summed E-state index contributed by atoms with van der Waals surface area (Å²) in [5.41, 5.74) is 3.58. The van der Waals surface area contributed by atoms with E-state index in [1.807, 2.05) is 90.2 Å². The van der Waals surface area contributed by atoms with Gasteiger partial charge in [0.2, 0.25) is 0 Å². The molecule has 1 heterocycles. The molecule has 3 N–H and O–H groups in total. The first-order valence-electron chi connectivity index (χ1n) is 10.2. The van der Waals surface area contributed by atoms with Crippen molar-refractivity contribution in [2.75, 3.05) is 6.54 Å².